The molecule has 5 nitrogen and oxygen atoms in total. The highest BCUT2D eigenvalue weighted by Crippen LogP contribution is 2.21. The lowest BCUT2D eigenvalue weighted by Gasteiger charge is -2.13. The summed E-state index contributed by atoms with van der Waals surface area (Å²) in [5.74, 6) is -0.113. The number of rotatable bonds is 4. The standard InChI is InChI=1S/C18H19N3O2/c1-12-7-8-17-15(9-12)16(20-23-17)11-18(22)19-13-5-4-6-14(10-13)21(2)3/h4-10H,11H2,1-3H3,(H,19,22). The molecule has 3 aromatic rings. The summed E-state index contributed by atoms with van der Waals surface area (Å²) in [6.45, 7) is 2.00. The van der Waals surface area contributed by atoms with Gasteiger partial charge in [-0.3, -0.25) is 4.79 Å². The fraction of sp³-hybridized carbons (Fsp3) is 0.222. The third-order valence-electron chi connectivity index (χ3n) is 3.67. The van der Waals surface area contributed by atoms with Gasteiger partial charge in [-0.2, -0.15) is 0 Å². The van der Waals surface area contributed by atoms with E-state index >= 15 is 0 Å². The number of aromatic nitrogens is 1. The minimum atomic E-state index is -0.113. The lowest BCUT2D eigenvalue weighted by Crippen LogP contribution is -2.15. The van der Waals surface area contributed by atoms with Crippen LogP contribution in [0.1, 0.15) is 11.3 Å². The van der Waals surface area contributed by atoms with E-state index in [1.54, 1.807) is 0 Å². The number of hydrogen-bond acceptors (Lipinski definition) is 4. The topological polar surface area (TPSA) is 58.4 Å². The highest BCUT2D eigenvalue weighted by Gasteiger charge is 2.13. The lowest BCUT2D eigenvalue weighted by molar-refractivity contribution is -0.115. The van der Waals surface area contributed by atoms with Gasteiger partial charge in [0, 0.05) is 30.9 Å². The first-order valence-corrected chi connectivity index (χ1v) is 7.45. The van der Waals surface area contributed by atoms with Gasteiger partial charge in [-0.05, 0) is 37.3 Å². The molecule has 0 fully saturated rings. The third kappa shape index (κ3) is 3.34. The molecule has 1 N–H and O–H groups in total. The predicted octanol–water partition coefficient (Wildman–Crippen LogP) is 3.38. The molecule has 0 saturated carbocycles. The van der Waals surface area contributed by atoms with E-state index in [2.05, 4.69) is 10.5 Å². The Kier molecular flexibility index (Phi) is 4.02. The summed E-state index contributed by atoms with van der Waals surface area (Å²) in [5.41, 5.74) is 4.27. The molecular weight excluding hydrogens is 290 g/mol. The zero-order valence-electron chi connectivity index (χ0n) is 13.5. The summed E-state index contributed by atoms with van der Waals surface area (Å²) < 4.78 is 5.27. The molecule has 0 unspecified atom stereocenters. The zero-order chi connectivity index (χ0) is 16.4. The van der Waals surface area contributed by atoms with Gasteiger partial charge in [-0.15, -0.1) is 0 Å². The van der Waals surface area contributed by atoms with Gasteiger partial charge in [0.15, 0.2) is 5.58 Å². The molecule has 1 heterocycles. The molecule has 0 aliphatic carbocycles. The van der Waals surface area contributed by atoms with Crippen LogP contribution in [0.25, 0.3) is 11.0 Å². The number of benzene rings is 2. The van der Waals surface area contributed by atoms with Crippen molar-refractivity contribution < 1.29 is 9.32 Å². The van der Waals surface area contributed by atoms with Crippen LogP contribution in [0.2, 0.25) is 0 Å². The number of amides is 1. The lowest BCUT2D eigenvalue weighted by atomic mass is 10.1. The number of carbonyl (C=O) groups is 1. The van der Waals surface area contributed by atoms with Crippen molar-refractivity contribution in [1.29, 1.82) is 0 Å². The Labute approximate surface area is 134 Å². The van der Waals surface area contributed by atoms with Gasteiger partial charge in [0.25, 0.3) is 0 Å². The average Bonchev–Trinajstić information content (AvgIpc) is 2.89. The van der Waals surface area contributed by atoms with Crippen molar-refractivity contribution in [3.63, 3.8) is 0 Å². The normalized spacial score (nSPS) is 10.7. The second-order valence-corrected chi connectivity index (χ2v) is 5.80. The first kappa shape index (κ1) is 15.1. The highest BCUT2D eigenvalue weighted by atomic mass is 16.5. The van der Waals surface area contributed by atoms with E-state index in [0.29, 0.717) is 11.3 Å². The first-order chi connectivity index (χ1) is 11.0. The smallest absolute Gasteiger partial charge is 0.230 e. The fourth-order valence-electron chi connectivity index (χ4n) is 2.45. The predicted molar refractivity (Wildman–Crippen MR) is 91.8 cm³/mol. The number of hydrogen-bond donors (Lipinski definition) is 1. The van der Waals surface area contributed by atoms with Gasteiger partial charge in [0.2, 0.25) is 5.91 Å². The Morgan fingerprint density at radius 3 is 2.83 bits per heavy atom. The van der Waals surface area contributed by atoms with Crippen molar-refractivity contribution in [2.24, 2.45) is 0 Å². The number of carbonyl (C=O) groups excluding carboxylic acids is 1. The van der Waals surface area contributed by atoms with Crippen LogP contribution in [0, 0.1) is 6.92 Å². The second kappa shape index (κ2) is 6.12. The molecule has 0 aliphatic rings. The van der Waals surface area contributed by atoms with Crippen LogP contribution in [-0.4, -0.2) is 25.2 Å². The number of anilines is 2. The van der Waals surface area contributed by atoms with Crippen LogP contribution in [0.3, 0.4) is 0 Å². The molecule has 1 amide bonds. The van der Waals surface area contributed by atoms with Crippen LogP contribution < -0.4 is 10.2 Å². The van der Waals surface area contributed by atoms with E-state index in [9.17, 15) is 4.79 Å². The van der Waals surface area contributed by atoms with E-state index in [0.717, 1.165) is 22.3 Å². The zero-order valence-corrected chi connectivity index (χ0v) is 13.5. The maximum atomic E-state index is 12.3. The van der Waals surface area contributed by atoms with Crippen molar-refractivity contribution in [2.75, 3.05) is 24.3 Å². The molecule has 3 rings (SSSR count). The number of aryl methyl sites for hydroxylation is 1. The van der Waals surface area contributed by atoms with E-state index in [-0.39, 0.29) is 12.3 Å². The molecule has 0 aliphatic heterocycles. The van der Waals surface area contributed by atoms with Crippen molar-refractivity contribution in [1.82, 2.24) is 5.16 Å². The van der Waals surface area contributed by atoms with Gasteiger partial charge >= 0.3 is 0 Å². The molecule has 0 radical (unpaired) electrons. The molecule has 0 atom stereocenters. The van der Waals surface area contributed by atoms with Crippen LogP contribution in [0.4, 0.5) is 11.4 Å². The molecule has 5 heteroatoms. The minimum Gasteiger partial charge on any atom is -0.378 e. The molecule has 0 bridgehead atoms. The Morgan fingerprint density at radius 2 is 2.04 bits per heavy atom. The average molecular weight is 309 g/mol. The summed E-state index contributed by atoms with van der Waals surface area (Å²) in [5, 5.41) is 7.82. The highest BCUT2D eigenvalue weighted by molar-refractivity contribution is 5.95. The van der Waals surface area contributed by atoms with Crippen LogP contribution >= 0.6 is 0 Å². The maximum absolute atomic E-state index is 12.3. The van der Waals surface area contributed by atoms with E-state index in [1.807, 2.05) is 68.4 Å². The van der Waals surface area contributed by atoms with Gasteiger partial charge in [-0.1, -0.05) is 22.9 Å². The van der Waals surface area contributed by atoms with Crippen molar-refractivity contribution in [3.05, 3.63) is 53.7 Å². The molecule has 1 aromatic heterocycles. The van der Waals surface area contributed by atoms with Crippen molar-refractivity contribution >= 4 is 28.3 Å². The van der Waals surface area contributed by atoms with Crippen LogP contribution in [-0.2, 0) is 11.2 Å². The van der Waals surface area contributed by atoms with Gasteiger partial charge < -0.3 is 14.7 Å². The summed E-state index contributed by atoms with van der Waals surface area (Å²) in [6.07, 6.45) is 0.183. The van der Waals surface area contributed by atoms with Gasteiger partial charge in [0.05, 0.1) is 6.42 Å². The fourth-order valence-corrected chi connectivity index (χ4v) is 2.45. The van der Waals surface area contributed by atoms with E-state index < -0.39 is 0 Å². The number of nitrogens with one attached hydrogen (secondary N) is 1. The van der Waals surface area contributed by atoms with Gasteiger partial charge in [0.1, 0.15) is 5.69 Å². The molecule has 2 aromatic carbocycles. The summed E-state index contributed by atoms with van der Waals surface area (Å²) in [6, 6.07) is 13.5. The monoisotopic (exact) mass is 309 g/mol. The first-order valence-electron chi connectivity index (χ1n) is 7.45. The van der Waals surface area contributed by atoms with E-state index in [4.69, 9.17) is 4.52 Å². The Bertz CT molecular complexity index is 852. The third-order valence-corrected chi connectivity index (χ3v) is 3.67. The SMILES string of the molecule is Cc1ccc2onc(CC(=O)Nc3cccc(N(C)C)c3)c2c1. The summed E-state index contributed by atoms with van der Waals surface area (Å²) >= 11 is 0. The van der Waals surface area contributed by atoms with Crippen molar-refractivity contribution in [3.8, 4) is 0 Å². The Morgan fingerprint density at radius 1 is 1.22 bits per heavy atom. The van der Waals surface area contributed by atoms with Gasteiger partial charge in [-0.25, -0.2) is 0 Å². The molecule has 118 valence electrons. The molecular formula is C18H19N3O2. The number of fused-ring (bicyclic) bond motifs is 1. The summed E-state index contributed by atoms with van der Waals surface area (Å²) in [4.78, 5) is 14.3. The molecule has 0 saturated heterocycles. The molecule has 0 spiro atoms. The van der Waals surface area contributed by atoms with E-state index in [1.165, 1.54) is 0 Å². The van der Waals surface area contributed by atoms with Crippen molar-refractivity contribution in [2.45, 2.75) is 13.3 Å². The Balaban J connectivity index is 1.76. The second-order valence-electron chi connectivity index (χ2n) is 5.80. The molecule has 23 heavy (non-hydrogen) atoms. The Hall–Kier alpha value is -2.82. The quantitative estimate of drug-likeness (QED) is 0.802. The maximum Gasteiger partial charge on any atom is 0.230 e. The van der Waals surface area contributed by atoms with Crippen LogP contribution in [0.15, 0.2) is 47.0 Å². The van der Waals surface area contributed by atoms with Crippen LogP contribution in [0.5, 0.6) is 0 Å². The largest absolute Gasteiger partial charge is 0.378 e. The number of nitrogens with zero attached hydrogens (tertiary/aromatic N) is 2. The summed E-state index contributed by atoms with van der Waals surface area (Å²) in [7, 11) is 3.93. The minimum absolute atomic E-state index is 0.113.